The van der Waals surface area contributed by atoms with Gasteiger partial charge in [0.05, 0.1) is 13.0 Å². The van der Waals surface area contributed by atoms with Crippen LogP contribution in [0.2, 0.25) is 0 Å². The predicted octanol–water partition coefficient (Wildman–Crippen LogP) is 4.19. The normalized spacial score (nSPS) is 14.0. The highest BCUT2D eigenvalue weighted by Crippen LogP contribution is 2.27. The second kappa shape index (κ2) is 6.44. The van der Waals surface area contributed by atoms with E-state index in [-0.39, 0.29) is 5.91 Å². The Hall–Kier alpha value is -2.07. The lowest BCUT2D eigenvalue weighted by Gasteiger charge is -2.27. The lowest BCUT2D eigenvalue weighted by atomic mass is 10.0. The average molecular weight is 383 g/mol. The number of nitrogens with zero attached hydrogens (tertiary/aromatic N) is 1. The van der Waals surface area contributed by atoms with Crippen LogP contribution in [0.5, 0.6) is 0 Å². The van der Waals surface area contributed by atoms with Crippen molar-refractivity contribution in [1.29, 1.82) is 0 Å². The molecule has 0 radical (unpaired) electrons. The van der Waals surface area contributed by atoms with Crippen LogP contribution in [0.3, 0.4) is 0 Å². The van der Waals surface area contributed by atoms with Crippen LogP contribution in [0.25, 0.3) is 10.9 Å². The second-order valence-electron chi connectivity index (χ2n) is 6.32. The summed E-state index contributed by atoms with van der Waals surface area (Å²) in [5, 5.41) is 2.14. The number of hydrogen-bond donors (Lipinski definition) is 1. The first-order chi connectivity index (χ1) is 11.7. The number of aromatic amines is 1. The van der Waals surface area contributed by atoms with Crippen LogP contribution in [0, 0.1) is 0 Å². The number of aromatic nitrogens is 1. The summed E-state index contributed by atoms with van der Waals surface area (Å²) < 4.78 is 0. The fourth-order valence-electron chi connectivity index (χ4n) is 3.44. The molecule has 0 saturated heterocycles. The molecule has 0 saturated carbocycles. The van der Waals surface area contributed by atoms with E-state index in [1.165, 1.54) is 27.7 Å². The molecule has 122 valence electrons. The zero-order chi connectivity index (χ0) is 16.5. The van der Waals surface area contributed by atoms with Crippen molar-refractivity contribution in [3.63, 3.8) is 0 Å². The molecule has 4 rings (SSSR count). The van der Waals surface area contributed by atoms with Crippen molar-refractivity contribution >= 4 is 32.7 Å². The quantitative estimate of drug-likeness (QED) is 0.677. The molecule has 24 heavy (non-hydrogen) atoms. The maximum absolute atomic E-state index is 12.6. The standard InChI is InChI=1S/C20H19BrN2O/c21-12-15-7-5-14(6-8-15)11-20(24)23-10-9-17-16-3-1-2-4-18(16)22-19(17)13-23/h1-8,22H,9-13H2. The van der Waals surface area contributed by atoms with Gasteiger partial charge in [0.15, 0.2) is 0 Å². The molecule has 1 N–H and O–H groups in total. The van der Waals surface area contributed by atoms with E-state index in [9.17, 15) is 4.79 Å². The van der Waals surface area contributed by atoms with Gasteiger partial charge >= 0.3 is 0 Å². The number of H-pyrrole nitrogens is 1. The topological polar surface area (TPSA) is 36.1 Å². The number of carbonyl (C=O) groups excluding carboxylic acids is 1. The number of amides is 1. The van der Waals surface area contributed by atoms with Crippen LogP contribution >= 0.6 is 15.9 Å². The fourth-order valence-corrected chi connectivity index (χ4v) is 3.81. The summed E-state index contributed by atoms with van der Waals surface area (Å²) >= 11 is 3.45. The monoisotopic (exact) mass is 382 g/mol. The molecular weight excluding hydrogens is 364 g/mol. The van der Waals surface area contributed by atoms with Gasteiger partial charge in [-0.2, -0.15) is 0 Å². The van der Waals surface area contributed by atoms with Gasteiger partial charge in [-0.1, -0.05) is 58.4 Å². The van der Waals surface area contributed by atoms with E-state index in [0.717, 1.165) is 23.9 Å². The third-order valence-electron chi connectivity index (χ3n) is 4.77. The fraction of sp³-hybridized carbons (Fsp3) is 0.250. The lowest BCUT2D eigenvalue weighted by Crippen LogP contribution is -2.36. The largest absolute Gasteiger partial charge is 0.357 e. The molecule has 1 aliphatic heterocycles. The van der Waals surface area contributed by atoms with Crippen molar-refractivity contribution in [3.05, 3.63) is 70.9 Å². The van der Waals surface area contributed by atoms with Gasteiger partial charge in [-0.15, -0.1) is 0 Å². The van der Waals surface area contributed by atoms with E-state index < -0.39 is 0 Å². The first kappa shape index (κ1) is 15.5. The average Bonchev–Trinajstić information content (AvgIpc) is 3.00. The van der Waals surface area contributed by atoms with Gasteiger partial charge in [0, 0.05) is 28.5 Å². The highest BCUT2D eigenvalue weighted by Gasteiger charge is 2.23. The van der Waals surface area contributed by atoms with E-state index in [2.05, 4.69) is 51.2 Å². The summed E-state index contributed by atoms with van der Waals surface area (Å²) in [5.74, 6) is 0.200. The zero-order valence-corrected chi connectivity index (χ0v) is 15.0. The molecule has 1 amide bonds. The number of halogens is 1. The Morgan fingerprint density at radius 2 is 1.83 bits per heavy atom. The van der Waals surface area contributed by atoms with Crippen molar-refractivity contribution < 1.29 is 4.79 Å². The molecule has 0 bridgehead atoms. The summed E-state index contributed by atoms with van der Waals surface area (Å²) in [7, 11) is 0. The summed E-state index contributed by atoms with van der Waals surface area (Å²) in [4.78, 5) is 18.1. The first-order valence-corrected chi connectivity index (χ1v) is 9.37. The molecule has 4 heteroatoms. The number of fused-ring (bicyclic) bond motifs is 3. The first-order valence-electron chi connectivity index (χ1n) is 8.24. The number of nitrogens with one attached hydrogen (secondary N) is 1. The summed E-state index contributed by atoms with van der Waals surface area (Å²) in [6, 6.07) is 16.6. The zero-order valence-electron chi connectivity index (χ0n) is 13.4. The minimum Gasteiger partial charge on any atom is -0.357 e. The van der Waals surface area contributed by atoms with Gasteiger partial charge in [0.25, 0.3) is 0 Å². The van der Waals surface area contributed by atoms with Crippen molar-refractivity contribution in [2.24, 2.45) is 0 Å². The van der Waals surface area contributed by atoms with Crippen molar-refractivity contribution in [2.45, 2.75) is 24.7 Å². The molecule has 0 fully saturated rings. The molecule has 1 aromatic heterocycles. The predicted molar refractivity (Wildman–Crippen MR) is 100 cm³/mol. The number of hydrogen-bond acceptors (Lipinski definition) is 1. The Morgan fingerprint density at radius 3 is 2.62 bits per heavy atom. The maximum atomic E-state index is 12.6. The van der Waals surface area contributed by atoms with Crippen LogP contribution in [0.15, 0.2) is 48.5 Å². The summed E-state index contributed by atoms with van der Waals surface area (Å²) in [5.41, 5.74) is 6.03. The van der Waals surface area contributed by atoms with E-state index in [1.807, 2.05) is 23.1 Å². The third kappa shape index (κ3) is 2.86. The Kier molecular flexibility index (Phi) is 4.15. The van der Waals surface area contributed by atoms with Crippen molar-refractivity contribution in [2.75, 3.05) is 6.54 Å². The van der Waals surface area contributed by atoms with E-state index in [1.54, 1.807) is 0 Å². The molecule has 1 aliphatic rings. The van der Waals surface area contributed by atoms with Crippen LogP contribution in [-0.4, -0.2) is 22.3 Å². The van der Waals surface area contributed by atoms with Crippen LogP contribution in [-0.2, 0) is 29.5 Å². The lowest BCUT2D eigenvalue weighted by molar-refractivity contribution is -0.131. The van der Waals surface area contributed by atoms with Gasteiger partial charge < -0.3 is 9.88 Å². The molecule has 2 aromatic carbocycles. The van der Waals surface area contributed by atoms with Crippen LogP contribution < -0.4 is 0 Å². The van der Waals surface area contributed by atoms with E-state index in [4.69, 9.17) is 0 Å². The number of rotatable bonds is 3. The SMILES string of the molecule is O=C(Cc1ccc(CBr)cc1)N1CCc2c([nH]c3ccccc23)C1. The van der Waals surface area contributed by atoms with Crippen molar-refractivity contribution in [3.8, 4) is 0 Å². The molecular formula is C20H19BrN2O. The minimum absolute atomic E-state index is 0.200. The minimum atomic E-state index is 0.200. The molecule has 3 aromatic rings. The van der Waals surface area contributed by atoms with Crippen LogP contribution in [0.4, 0.5) is 0 Å². The maximum Gasteiger partial charge on any atom is 0.227 e. The van der Waals surface area contributed by atoms with Gasteiger partial charge in [-0.05, 0) is 29.2 Å². The Labute approximate surface area is 149 Å². The highest BCUT2D eigenvalue weighted by molar-refractivity contribution is 9.08. The summed E-state index contributed by atoms with van der Waals surface area (Å²) in [6.07, 6.45) is 1.39. The van der Waals surface area contributed by atoms with E-state index >= 15 is 0 Å². The molecule has 0 unspecified atom stereocenters. The Morgan fingerprint density at radius 1 is 1.08 bits per heavy atom. The second-order valence-corrected chi connectivity index (χ2v) is 6.88. The van der Waals surface area contributed by atoms with E-state index in [0.29, 0.717) is 13.0 Å². The van der Waals surface area contributed by atoms with Crippen LogP contribution in [0.1, 0.15) is 22.4 Å². The molecule has 2 heterocycles. The molecule has 0 atom stereocenters. The number of carbonyl (C=O) groups is 1. The number of alkyl halides is 1. The van der Waals surface area contributed by atoms with Gasteiger partial charge in [-0.3, -0.25) is 4.79 Å². The third-order valence-corrected chi connectivity index (χ3v) is 5.42. The molecule has 3 nitrogen and oxygen atoms in total. The summed E-state index contributed by atoms with van der Waals surface area (Å²) in [6.45, 7) is 1.48. The number of para-hydroxylation sites is 1. The Bertz CT molecular complexity index is 882. The van der Waals surface area contributed by atoms with Gasteiger partial charge in [0.2, 0.25) is 5.91 Å². The van der Waals surface area contributed by atoms with Gasteiger partial charge in [0.1, 0.15) is 0 Å². The van der Waals surface area contributed by atoms with Crippen molar-refractivity contribution in [1.82, 2.24) is 9.88 Å². The highest BCUT2D eigenvalue weighted by atomic mass is 79.9. The number of benzene rings is 2. The molecule has 0 aliphatic carbocycles. The molecule has 0 spiro atoms. The van der Waals surface area contributed by atoms with Gasteiger partial charge in [-0.25, -0.2) is 0 Å². The Balaban J connectivity index is 1.50. The smallest absolute Gasteiger partial charge is 0.227 e.